The topological polar surface area (TPSA) is 85.5 Å². The lowest BCUT2D eigenvalue weighted by Gasteiger charge is -2.37. The second kappa shape index (κ2) is 9.44. The van der Waals surface area contributed by atoms with Gasteiger partial charge in [0, 0.05) is 62.2 Å². The maximum atomic E-state index is 14.5. The number of carbonyl (C=O) groups excluding carboxylic acids is 3. The van der Waals surface area contributed by atoms with Crippen LogP contribution in [-0.4, -0.2) is 59.7 Å². The van der Waals surface area contributed by atoms with Crippen LogP contribution in [0.3, 0.4) is 0 Å². The number of piperazine rings is 1. The van der Waals surface area contributed by atoms with E-state index in [1.165, 1.54) is 19.9 Å². The number of ketones is 1. The number of H-pyrrole nitrogens is 1. The number of hydrogen-bond donors (Lipinski definition) is 2. The Morgan fingerprint density at radius 1 is 1.06 bits per heavy atom. The second-order valence-electron chi connectivity index (χ2n) is 8.35. The molecule has 1 fully saturated rings. The molecule has 172 valence electrons. The van der Waals surface area contributed by atoms with Crippen molar-refractivity contribution in [3.8, 4) is 0 Å². The zero-order valence-corrected chi connectivity index (χ0v) is 18.7. The highest BCUT2D eigenvalue weighted by Gasteiger charge is 2.29. The summed E-state index contributed by atoms with van der Waals surface area (Å²) >= 11 is 0. The highest BCUT2D eigenvalue weighted by Crippen LogP contribution is 2.23. The van der Waals surface area contributed by atoms with Crippen molar-refractivity contribution in [2.75, 3.05) is 31.1 Å². The van der Waals surface area contributed by atoms with Crippen LogP contribution in [0.1, 0.15) is 29.8 Å². The average molecular weight is 451 g/mol. The number of amides is 2. The SMILES string of the molecule is CC(=O)N[C@@H](Cc1c[nH]c2ccccc12)C(=O)N1CCN(c2ccc(C(C)=O)cc2F)CC1. The minimum absolute atomic E-state index is 0.150. The molecular weight excluding hydrogens is 423 g/mol. The molecule has 0 unspecified atom stereocenters. The largest absolute Gasteiger partial charge is 0.366 e. The van der Waals surface area contributed by atoms with E-state index < -0.39 is 11.9 Å². The Balaban J connectivity index is 1.45. The standard InChI is InChI=1S/C25H27FN4O3/c1-16(31)18-7-8-24(21(26)13-18)29-9-11-30(12-10-29)25(33)23(28-17(2)32)14-19-15-27-22-6-4-3-5-20(19)22/h3-8,13,15,23,27H,9-12,14H2,1-2H3,(H,28,32)/t23-/m0/s1. The third-order valence-corrected chi connectivity index (χ3v) is 6.06. The predicted molar refractivity (Wildman–Crippen MR) is 125 cm³/mol. The second-order valence-corrected chi connectivity index (χ2v) is 8.35. The fourth-order valence-corrected chi connectivity index (χ4v) is 4.34. The lowest BCUT2D eigenvalue weighted by atomic mass is 10.0. The van der Waals surface area contributed by atoms with Gasteiger partial charge in [-0.3, -0.25) is 14.4 Å². The van der Waals surface area contributed by atoms with Crippen LogP contribution in [0.4, 0.5) is 10.1 Å². The van der Waals surface area contributed by atoms with Crippen molar-refractivity contribution in [2.24, 2.45) is 0 Å². The monoisotopic (exact) mass is 450 g/mol. The number of nitrogens with zero attached hydrogens (tertiary/aromatic N) is 2. The lowest BCUT2D eigenvalue weighted by Crippen LogP contribution is -2.55. The summed E-state index contributed by atoms with van der Waals surface area (Å²) in [5.41, 5.74) is 2.70. The first-order chi connectivity index (χ1) is 15.8. The number of halogens is 1. The van der Waals surface area contributed by atoms with E-state index in [2.05, 4.69) is 10.3 Å². The molecule has 2 heterocycles. The number of nitrogens with one attached hydrogen (secondary N) is 2. The van der Waals surface area contributed by atoms with Crippen molar-refractivity contribution in [2.45, 2.75) is 26.3 Å². The minimum Gasteiger partial charge on any atom is -0.366 e. The zero-order chi connectivity index (χ0) is 23.5. The Morgan fingerprint density at radius 3 is 2.45 bits per heavy atom. The molecule has 0 bridgehead atoms. The zero-order valence-electron chi connectivity index (χ0n) is 18.7. The number of anilines is 1. The molecule has 4 rings (SSSR count). The van der Waals surface area contributed by atoms with Gasteiger partial charge in [0.2, 0.25) is 11.8 Å². The van der Waals surface area contributed by atoms with Gasteiger partial charge in [-0.1, -0.05) is 18.2 Å². The molecule has 0 aliphatic carbocycles. The van der Waals surface area contributed by atoms with E-state index in [1.54, 1.807) is 17.0 Å². The van der Waals surface area contributed by atoms with Gasteiger partial charge in [-0.15, -0.1) is 0 Å². The summed E-state index contributed by atoms with van der Waals surface area (Å²) in [5, 5.41) is 3.82. The van der Waals surface area contributed by atoms with Crippen LogP contribution in [0.15, 0.2) is 48.7 Å². The van der Waals surface area contributed by atoms with Gasteiger partial charge in [-0.2, -0.15) is 0 Å². The molecule has 33 heavy (non-hydrogen) atoms. The van der Waals surface area contributed by atoms with E-state index in [0.29, 0.717) is 43.9 Å². The number of hydrogen-bond acceptors (Lipinski definition) is 4. The third kappa shape index (κ3) is 4.89. The van der Waals surface area contributed by atoms with Crippen LogP contribution in [0.25, 0.3) is 10.9 Å². The van der Waals surface area contributed by atoms with E-state index >= 15 is 0 Å². The Labute approximate surface area is 191 Å². The molecule has 7 nitrogen and oxygen atoms in total. The molecular formula is C25H27FN4O3. The van der Waals surface area contributed by atoms with Gasteiger partial charge < -0.3 is 20.1 Å². The van der Waals surface area contributed by atoms with Gasteiger partial charge in [0.1, 0.15) is 11.9 Å². The van der Waals surface area contributed by atoms with Crippen molar-refractivity contribution >= 4 is 34.2 Å². The summed E-state index contributed by atoms with van der Waals surface area (Å²) in [7, 11) is 0. The molecule has 1 saturated heterocycles. The first-order valence-corrected chi connectivity index (χ1v) is 11.0. The first-order valence-electron chi connectivity index (χ1n) is 11.0. The van der Waals surface area contributed by atoms with E-state index in [4.69, 9.17) is 0 Å². The van der Waals surface area contributed by atoms with Crippen LogP contribution in [-0.2, 0) is 16.0 Å². The normalized spacial score (nSPS) is 14.9. The van der Waals surface area contributed by atoms with Gasteiger partial charge in [-0.25, -0.2) is 4.39 Å². The Hall–Kier alpha value is -3.68. The summed E-state index contributed by atoms with van der Waals surface area (Å²) in [6, 6.07) is 11.6. The molecule has 0 spiro atoms. The molecule has 2 aromatic carbocycles. The van der Waals surface area contributed by atoms with Crippen molar-refractivity contribution in [3.63, 3.8) is 0 Å². The van der Waals surface area contributed by atoms with Crippen molar-refractivity contribution in [1.82, 2.24) is 15.2 Å². The van der Waals surface area contributed by atoms with Crippen LogP contribution >= 0.6 is 0 Å². The number of Topliss-reactive ketones (excluding diaryl/α,β-unsaturated/α-hetero) is 1. The number of aromatic amines is 1. The highest BCUT2D eigenvalue weighted by atomic mass is 19.1. The van der Waals surface area contributed by atoms with Crippen LogP contribution < -0.4 is 10.2 Å². The molecule has 1 aromatic heterocycles. The van der Waals surface area contributed by atoms with E-state index in [0.717, 1.165) is 16.5 Å². The summed E-state index contributed by atoms with van der Waals surface area (Å²) in [5.74, 6) is -1.05. The first kappa shape index (κ1) is 22.5. The smallest absolute Gasteiger partial charge is 0.245 e. The molecule has 0 radical (unpaired) electrons. The number of rotatable bonds is 6. The minimum atomic E-state index is -0.681. The average Bonchev–Trinajstić information content (AvgIpc) is 3.21. The van der Waals surface area contributed by atoms with Crippen molar-refractivity contribution < 1.29 is 18.8 Å². The van der Waals surface area contributed by atoms with E-state index in [-0.39, 0.29) is 17.6 Å². The molecule has 2 N–H and O–H groups in total. The number of fused-ring (bicyclic) bond motifs is 1. The van der Waals surface area contributed by atoms with Crippen LogP contribution in [0.5, 0.6) is 0 Å². The molecule has 8 heteroatoms. The number of benzene rings is 2. The molecule has 3 aromatic rings. The van der Waals surface area contributed by atoms with Crippen LogP contribution in [0, 0.1) is 5.82 Å². The van der Waals surface area contributed by atoms with Crippen molar-refractivity contribution in [3.05, 3.63) is 65.6 Å². The van der Waals surface area contributed by atoms with Gasteiger partial charge in [0.15, 0.2) is 5.78 Å². The number of aromatic nitrogens is 1. The molecule has 1 atom stereocenters. The maximum Gasteiger partial charge on any atom is 0.245 e. The summed E-state index contributed by atoms with van der Waals surface area (Å²) < 4.78 is 14.5. The molecule has 1 aliphatic rings. The summed E-state index contributed by atoms with van der Waals surface area (Å²) in [6.07, 6.45) is 2.25. The van der Waals surface area contributed by atoms with Gasteiger partial charge in [-0.05, 0) is 36.8 Å². The Kier molecular flexibility index (Phi) is 6.44. The lowest BCUT2D eigenvalue weighted by molar-refractivity contribution is -0.136. The van der Waals surface area contributed by atoms with E-state index in [1.807, 2.05) is 35.4 Å². The number of para-hydroxylation sites is 1. The van der Waals surface area contributed by atoms with E-state index in [9.17, 15) is 18.8 Å². The maximum absolute atomic E-state index is 14.5. The molecule has 2 amide bonds. The van der Waals surface area contributed by atoms with Crippen LogP contribution in [0.2, 0.25) is 0 Å². The summed E-state index contributed by atoms with van der Waals surface area (Å²) in [4.78, 5) is 43.4. The molecule has 0 saturated carbocycles. The Morgan fingerprint density at radius 2 is 1.79 bits per heavy atom. The van der Waals surface area contributed by atoms with Crippen molar-refractivity contribution in [1.29, 1.82) is 0 Å². The van der Waals surface area contributed by atoms with Gasteiger partial charge >= 0.3 is 0 Å². The summed E-state index contributed by atoms with van der Waals surface area (Å²) in [6.45, 7) is 4.55. The van der Waals surface area contributed by atoms with Gasteiger partial charge in [0.05, 0.1) is 5.69 Å². The Bertz CT molecular complexity index is 1200. The fourth-order valence-electron chi connectivity index (χ4n) is 4.34. The fraction of sp³-hybridized carbons (Fsp3) is 0.320. The predicted octanol–water partition coefficient (Wildman–Crippen LogP) is 2.91. The third-order valence-electron chi connectivity index (χ3n) is 6.06. The quantitative estimate of drug-likeness (QED) is 0.566. The van der Waals surface area contributed by atoms with Gasteiger partial charge in [0.25, 0.3) is 0 Å². The molecule has 1 aliphatic heterocycles. The number of carbonyl (C=O) groups is 3. The highest BCUT2D eigenvalue weighted by molar-refractivity contribution is 5.94.